The van der Waals surface area contributed by atoms with Crippen LogP contribution in [0.5, 0.6) is 0 Å². The fourth-order valence-electron chi connectivity index (χ4n) is 2.48. The number of amides is 1. The second-order valence-electron chi connectivity index (χ2n) is 4.63. The molecule has 2 rings (SSSR count). The number of hydrogen-bond acceptors (Lipinski definition) is 3. The van der Waals surface area contributed by atoms with Crippen LogP contribution >= 0.6 is 0 Å². The van der Waals surface area contributed by atoms with Gasteiger partial charge in [-0.05, 0) is 31.4 Å². The Bertz CT molecular complexity index is 498. The first-order valence-corrected chi connectivity index (χ1v) is 7.68. The molecule has 0 saturated heterocycles. The third-order valence-electron chi connectivity index (χ3n) is 3.44. The van der Waals surface area contributed by atoms with Crippen molar-refractivity contribution < 1.29 is 13.2 Å². The summed E-state index contributed by atoms with van der Waals surface area (Å²) in [5, 5.41) is 2.31. The van der Waals surface area contributed by atoms with Crippen LogP contribution in [-0.2, 0) is 14.6 Å². The fraction of sp³-hybridized carbons (Fsp3) is 0.462. The number of carbonyl (C=O) groups excluding carboxylic acids is 1. The van der Waals surface area contributed by atoms with Gasteiger partial charge in [-0.1, -0.05) is 24.6 Å². The van der Waals surface area contributed by atoms with Crippen LogP contribution in [0.15, 0.2) is 35.2 Å². The van der Waals surface area contributed by atoms with Crippen LogP contribution in [0.3, 0.4) is 0 Å². The zero-order valence-electron chi connectivity index (χ0n) is 10.1. The van der Waals surface area contributed by atoms with Crippen molar-refractivity contribution in [2.75, 3.05) is 0 Å². The van der Waals surface area contributed by atoms with Crippen molar-refractivity contribution in [3.8, 4) is 0 Å². The summed E-state index contributed by atoms with van der Waals surface area (Å²) < 4.78 is 24.8. The van der Waals surface area contributed by atoms with Crippen molar-refractivity contribution in [2.45, 2.75) is 41.9 Å². The second-order valence-corrected chi connectivity index (χ2v) is 6.86. The fourth-order valence-corrected chi connectivity index (χ4v) is 4.36. The van der Waals surface area contributed by atoms with Gasteiger partial charge in [0.15, 0.2) is 9.84 Å². The predicted octanol–water partition coefficient (Wildman–Crippen LogP) is 1.52. The Morgan fingerprint density at radius 2 is 1.89 bits per heavy atom. The summed E-state index contributed by atoms with van der Waals surface area (Å²) in [4.78, 5) is 10.8. The molecule has 1 aliphatic rings. The number of rotatable bonds is 4. The number of benzene rings is 1. The van der Waals surface area contributed by atoms with E-state index in [0.29, 0.717) is 24.1 Å². The van der Waals surface area contributed by atoms with E-state index in [1.165, 1.54) is 0 Å². The molecule has 98 valence electrons. The zero-order chi connectivity index (χ0) is 13.0. The summed E-state index contributed by atoms with van der Waals surface area (Å²) in [5.74, 6) is 0. The molecule has 0 aliphatic heterocycles. The molecule has 0 radical (unpaired) electrons. The highest BCUT2D eigenvalue weighted by atomic mass is 32.2. The minimum Gasteiger partial charge on any atom is -0.356 e. The van der Waals surface area contributed by atoms with Gasteiger partial charge in [0.05, 0.1) is 10.1 Å². The van der Waals surface area contributed by atoms with E-state index in [1.807, 2.05) is 0 Å². The molecule has 1 amide bonds. The molecule has 0 heterocycles. The van der Waals surface area contributed by atoms with E-state index < -0.39 is 9.84 Å². The van der Waals surface area contributed by atoms with E-state index in [-0.39, 0.29) is 11.3 Å². The molecule has 5 heteroatoms. The lowest BCUT2D eigenvalue weighted by molar-refractivity contribution is -0.110. The lowest BCUT2D eigenvalue weighted by Gasteiger charge is -2.28. The van der Waals surface area contributed by atoms with Crippen molar-refractivity contribution in [2.24, 2.45) is 0 Å². The van der Waals surface area contributed by atoms with Gasteiger partial charge >= 0.3 is 0 Å². The van der Waals surface area contributed by atoms with E-state index in [0.717, 1.165) is 12.8 Å². The molecule has 1 aromatic carbocycles. The van der Waals surface area contributed by atoms with E-state index in [2.05, 4.69) is 5.32 Å². The normalized spacial score (nSPS) is 24.4. The monoisotopic (exact) mass is 267 g/mol. The van der Waals surface area contributed by atoms with Gasteiger partial charge in [0.2, 0.25) is 6.41 Å². The first kappa shape index (κ1) is 13.1. The standard InChI is InChI=1S/C13H17NO3S/c15-10-14-11-5-4-8-13(9-11)18(16,17)12-6-2-1-3-7-12/h1-3,6-7,10-11,13H,4-5,8-9H2,(H,14,15). The summed E-state index contributed by atoms with van der Waals surface area (Å²) in [6.45, 7) is 0. The van der Waals surface area contributed by atoms with Gasteiger partial charge in [0.1, 0.15) is 0 Å². The average molecular weight is 267 g/mol. The molecule has 1 aliphatic carbocycles. The van der Waals surface area contributed by atoms with Gasteiger partial charge in [-0.2, -0.15) is 0 Å². The van der Waals surface area contributed by atoms with E-state index >= 15 is 0 Å². The predicted molar refractivity (Wildman–Crippen MR) is 68.9 cm³/mol. The maximum absolute atomic E-state index is 12.4. The Hall–Kier alpha value is -1.36. The molecule has 0 bridgehead atoms. The van der Waals surface area contributed by atoms with Crippen molar-refractivity contribution in [3.63, 3.8) is 0 Å². The second kappa shape index (κ2) is 5.52. The first-order chi connectivity index (χ1) is 8.64. The minimum atomic E-state index is -3.27. The molecule has 1 fully saturated rings. The molecular weight excluding hydrogens is 250 g/mol. The maximum atomic E-state index is 12.4. The molecule has 18 heavy (non-hydrogen) atoms. The van der Waals surface area contributed by atoms with Gasteiger partial charge in [-0.15, -0.1) is 0 Å². The van der Waals surface area contributed by atoms with Crippen molar-refractivity contribution in [1.29, 1.82) is 0 Å². The first-order valence-electron chi connectivity index (χ1n) is 6.13. The highest BCUT2D eigenvalue weighted by Gasteiger charge is 2.32. The van der Waals surface area contributed by atoms with Crippen LogP contribution in [0.1, 0.15) is 25.7 Å². The number of sulfone groups is 1. The molecule has 4 nitrogen and oxygen atoms in total. The summed E-state index contributed by atoms with van der Waals surface area (Å²) in [6.07, 6.45) is 3.54. The molecule has 2 unspecified atom stereocenters. The number of carbonyl (C=O) groups is 1. The molecule has 1 N–H and O–H groups in total. The average Bonchev–Trinajstić information content (AvgIpc) is 2.40. The minimum absolute atomic E-state index is 0.0141. The van der Waals surface area contributed by atoms with Gasteiger partial charge in [-0.25, -0.2) is 8.42 Å². The zero-order valence-corrected chi connectivity index (χ0v) is 10.9. The highest BCUT2D eigenvalue weighted by Crippen LogP contribution is 2.28. The highest BCUT2D eigenvalue weighted by molar-refractivity contribution is 7.92. The SMILES string of the molecule is O=CNC1CCCC(S(=O)(=O)c2ccccc2)C1. The lowest BCUT2D eigenvalue weighted by atomic mass is 9.95. The van der Waals surface area contributed by atoms with Crippen LogP contribution in [0.2, 0.25) is 0 Å². The van der Waals surface area contributed by atoms with Crippen molar-refractivity contribution >= 4 is 16.2 Å². The third kappa shape index (κ3) is 2.72. The van der Waals surface area contributed by atoms with Crippen LogP contribution in [0, 0.1) is 0 Å². The number of nitrogens with one attached hydrogen (secondary N) is 1. The quantitative estimate of drug-likeness (QED) is 0.841. The Labute approximate surface area is 107 Å². The molecule has 1 aromatic rings. The molecule has 0 spiro atoms. The Balaban J connectivity index is 2.18. The maximum Gasteiger partial charge on any atom is 0.207 e. The van der Waals surface area contributed by atoms with E-state index in [1.54, 1.807) is 30.3 Å². The summed E-state index contributed by atoms with van der Waals surface area (Å²) in [6, 6.07) is 8.52. The van der Waals surface area contributed by atoms with Gasteiger partial charge in [0.25, 0.3) is 0 Å². The largest absolute Gasteiger partial charge is 0.356 e. The van der Waals surface area contributed by atoms with Crippen LogP contribution in [0.4, 0.5) is 0 Å². The van der Waals surface area contributed by atoms with Gasteiger partial charge in [-0.3, -0.25) is 4.79 Å². The summed E-state index contributed by atoms with van der Waals surface area (Å²) >= 11 is 0. The van der Waals surface area contributed by atoms with Crippen molar-refractivity contribution in [3.05, 3.63) is 30.3 Å². The van der Waals surface area contributed by atoms with Crippen LogP contribution < -0.4 is 5.32 Å². The number of hydrogen-bond donors (Lipinski definition) is 1. The Morgan fingerprint density at radius 3 is 2.56 bits per heavy atom. The van der Waals surface area contributed by atoms with Gasteiger partial charge in [0, 0.05) is 6.04 Å². The third-order valence-corrected chi connectivity index (χ3v) is 5.68. The lowest BCUT2D eigenvalue weighted by Crippen LogP contribution is -2.38. The van der Waals surface area contributed by atoms with E-state index in [4.69, 9.17) is 0 Å². The summed E-state index contributed by atoms with van der Waals surface area (Å²) in [7, 11) is -3.27. The van der Waals surface area contributed by atoms with E-state index in [9.17, 15) is 13.2 Å². The molecular formula is C13H17NO3S. The van der Waals surface area contributed by atoms with Crippen molar-refractivity contribution in [1.82, 2.24) is 5.32 Å². The van der Waals surface area contributed by atoms with Gasteiger partial charge < -0.3 is 5.32 Å². The molecule has 0 aromatic heterocycles. The Morgan fingerprint density at radius 1 is 1.17 bits per heavy atom. The smallest absolute Gasteiger partial charge is 0.207 e. The molecule has 2 atom stereocenters. The topological polar surface area (TPSA) is 63.2 Å². The Kier molecular flexibility index (Phi) is 4.01. The summed E-state index contributed by atoms with van der Waals surface area (Å²) in [5.41, 5.74) is 0. The molecule has 1 saturated carbocycles. The van der Waals surface area contributed by atoms with Crippen LogP contribution in [0.25, 0.3) is 0 Å². The van der Waals surface area contributed by atoms with Crippen LogP contribution in [-0.4, -0.2) is 26.1 Å².